The number of aryl methyl sites for hydroxylation is 3. The highest BCUT2D eigenvalue weighted by Crippen LogP contribution is 2.32. The van der Waals surface area contributed by atoms with E-state index in [1.165, 1.54) is 24.3 Å². The quantitative estimate of drug-likeness (QED) is 0.337. The normalized spacial score (nSPS) is 11.2. The Morgan fingerprint density at radius 2 is 1.61 bits per heavy atom. The van der Waals surface area contributed by atoms with Crippen molar-refractivity contribution in [1.29, 1.82) is 0 Å². The molecule has 0 bridgehead atoms. The zero-order valence-electron chi connectivity index (χ0n) is 21.3. The average Bonchev–Trinajstić information content (AvgIpc) is 2.86. The highest BCUT2D eigenvalue weighted by atomic mass is 32.2. The number of aromatic nitrogens is 3. The van der Waals surface area contributed by atoms with Crippen molar-refractivity contribution >= 4 is 21.7 Å². The molecule has 0 aliphatic rings. The van der Waals surface area contributed by atoms with Gasteiger partial charge in [0.2, 0.25) is 11.8 Å². The number of benzene rings is 1. The molecular formula is C27H27N5O5S. The van der Waals surface area contributed by atoms with Gasteiger partial charge < -0.3 is 15.2 Å². The van der Waals surface area contributed by atoms with Crippen molar-refractivity contribution in [2.24, 2.45) is 0 Å². The first-order valence-electron chi connectivity index (χ1n) is 11.7. The molecule has 0 aliphatic heterocycles. The Kier molecular flexibility index (Phi) is 7.58. The average molecular weight is 534 g/mol. The topological polar surface area (TPSA) is 146 Å². The fourth-order valence-corrected chi connectivity index (χ4v) is 4.80. The summed E-state index contributed by atoms with van der Waals surface area (Å²) in [5.74, 6) is -0.105. The molecular weight excluding hydrogens is 506 g/mol. The molecule has 11 heteroatoms. The number of amides is 1. The first kappa shape index (κ1) is 26.6. The van der Waals surface area contributed by atoms with E-state index in [1.807, 2.05) is 44.5 Å². The van der Waals surface area contributed by atoms with Crippen LogP contribution >= 0.6 is 0 Å². The summed E-state index contributed by atoms with van der Waals surface area (Å²) < 4.78 is 39.3. The third kappa shape index (κ3) is 5.89. The summed E-state index contributed by atoms with van der Waals surface area (Å²) in [4.78, 5) is 26.0. The van der Waals surface area contributed by atoms with Crippen LogP contribution in [-0.2, 0) is 10.0 Å². The minimum absolute atomic E-state index is 0.00229. The van der Waals surface area contributed by atoms with Gasteiger partial charge in [-0.2, -0.15) is 8.42 Å². The number of hydrogen-bond donors (Lipinski definition) is 2. The lowest BCUT2D eigenvalue weighted by Crippen LogP contribution is -2.31. The van der Waals surface area contributed by atoms with Crippen molar-refractivity contribution in [2.75, 3.05) is 12.3 Å². The number of sulfonamides is 1. The largest absolute Gasteiger partial charge is 0.478 e. The van der Waals surface area contributed by atoms with Gasteiger partial charge in [0, 0.05) is 6.07 Å². The fourth-order valence-electron chi connectivity index (χ4n) is 3.85. The third-order valence-corrected chi connectivity index (χ3v) is 6.67. The molecule has 0 saturated carbocycles. The van der Waals surface area contributed by atoms with Crippen molar-refractivity contribution < 1.29 is 22.7 Å². The maximum atomic E-state index is 13.2. The van der Waals surface area contributed by atoms with E-state index in [0.29, 0.717) is 29.6 Å². The van der Waals surface area contributed by atoms with Crippen LogP contribution in [0, 0.1) is 20.8 Å². The second kappa shape index (κ2) is 10.9. The monoisotopic (exact) mass is 533 g/mol. The summed E-state index contributed by atoms with van der Waals surface area (Å²) in [5.41, 5.74) is 9.11. The maximum absolute atomic E-state index is 13.2. The molecule has 0 saturated heterocycles. The number of nitrogens with two attached hydrogens (primary N) is 1. The standard InChI is InChI=1S/C27H27N5O5S/c1-5-36-23-10-6-8-20(29-23)21-13-12-19(26(33)32-38(34,35)24-11-7-9-22(28)31-24)27(30-21)37-25-17(3)14-16(2)15-18(25)4/h6-15H,5H2,1-4H3,(H2,28,31)(H,32,33). The molecule has 0 atom stereocenters. The van der Waals surface area contributed by atoms with Crippen LogP contribution in [0.5, 0.6) is 17.5 Å². The van der Waals surface area contributed by atoms with Gasteiger partial charge in [-0.1, -0.05) is 29.8 Å². The van der Waals surface area contributed by atoms with E-state index in [1.54, 1.807) is 24.3 Å². The number of carbonyl (C=O) groups is 1. The molecule has 0 unspecified atom stereocenters. The summed E-state index contributed by atoms with van der Waals surface area (Å²) >= 11 is 0. The van der Waals surface area contributed by atoms with Crippen LogP contribution in [-0.4, -0.2) is 35.9 Å². The molecule has 4 rings (SSSR count). The zero-order valence-corrected chi connectivity index (χ0v) is 22.2. The number of rotatable bonds is 8. The summed E-state index contributed by atoms with van der Waals surface area (Å²) in [6.45, 7) is 8.02. The number of nitrogen functional groups attached to an aromatic ring is 1. The summed E-state index contributed by atoms with van der Waals surface area (Å²) in [7, 11) is -4.32. The highest BCUT2D eigenvalue weighted by Gasteiger charge is 2.25. The van der Waals surface area contributed by atoms with Crippen molar-refractivity contribution in [3.8, 4) is 28.9 Å². The van der Waals surface area contributed by atoms with Gasteiger partial charge in [0.1, 0.15) is 17.1 Å². The molecule has 196 valence electrons. The number of hydrogen-bond acceptors (Lipinski definition) is 9. The molecule has 1 amide bonds. The fraction of sp³-hybridized carbons (Fsp3) is 0.185. The van der Waals surface area contributed by atoms with Gasteiger partial charge in [-0.25, -0.2) is 19.7 Å². The number of anilines is 1. The second-order valence-electron chi connectivity index (χ2n) is 8.51. The zero-order chi connectivity index (χ0) is 27.4. The number of pyridine rings is 3. The van der Waals surface area contributed by atoms with Gasteiger partial charge in [-0.3, -0.25) is 4.79 Å². The van der Waals surface area contributed by atoms with Gasteiger partial charge in [0.15, 0.2) is 5.03 Å². The molecule has 0 radical (unpaired) electrons. The lowest BCUT2D eigenvalue weighted by molar-refractivity contribution is 0.0978. The number of nitrogens with one attached hydrogen (secondary N) is 1. The maximum Gasteiger partial charge on any atom is 0.281 e. The van der Waals surface area contributed by atoms with E-state index in [0.717, 1.165) is 16.7 Å². The number of nitrogens with zero attached hydrogens (tertiary/aromatic N) is 3. The predicted molar refractivity (Wildman–Crippen MR) is 143 cm³/mol. The van der Waals surface area contributed by atoms with Gasteiger partial charge in [0.05, 0.1) is 18.0 Å². The first-order chi connectivity index (χ1) is 18.1. The van der Waals surface area contributed by atoms with E-state index >= 15 is 0 Å². The van der Waals surface area contributed by atoms with Gasteiger partial charge in [-0.15, -0.1) is 0 Å². The minimum atomic E-state index is -4.32. The van der Waals surface area contributed by atoms with Gasteiger partial charge in [0.25, 0.3) is 15.9 Å². The van der Waals surface area contributed by atoms with E-state index in [9.17, 15) is 13.2 Å². The molecule has 3 heterocycles. The molecule has 3 N–H and O–H groups in total. The Morgan fingerprint density at radius 1 is 0.921 bits per heavy atom. The second-order valence-corrected chi connectivity index (χ2v) is 10.1. The lowest BCUT2D eigenvalue weighted by atomic mass is 10.1. The highest BCUT2D eigenvalue weighted by molar-refractivity contribution is 7.90. The molecule has 0 spiro atoms. The van der Waals surface area contributed by atoms with Crippen LogP contribution < -0.4 is 19.9 Å². The molecule has 0 fully saturated rings. The van der Waals surface area contributed by atoms with E-state index in [2.05, 4.69) is 15.0 Å². The summed E-state index contributed by atoms with van der Waals surface area (Å²) in [6.07, 6.45) is 0. The Hall–Kier alpha value is -4.51. The third-order valence-electron chi connectivity index (χ3n) is 5.43. The van der Waals surface area contributed by atoms with E-state index in [4.69, 9.17) is 15.2 Å². The molecule has 0 aliphatic carbocycles. The van der Waals surface area contributed by atoms with E-state index < -0.39 is 15.9 Å². The SMILES string of the molecule is CCOc1cccc(-c2ccc(C(=O)NS(=O)(=O)c3cccc(N)n3)c(Oc3c(C)cc(C)cc3C)n2)n1. The predicted octanol–water partition coefficient (Wildman–Crippen LogP) is 4.36. The first-order valence-corrected chi connectivity index (χ1v) is 13.2. The van der Waals surface area contributed by atoms with E-state index in [-0.39, 0.29) is 22.3 Å². The van der Waals surface area contributed by atoms with Crippen LogP contribution in [0.15, 0.2) is 65.7 Å². The Bertz CT molecular complexity index is 1600. The summed E-state index contributed by atoms with van der Waals surface area (Å²) in [5, 5.41) is -0.389. The van der Waals surface area contributed by atoms with Gasteiger partial charge >= 0.3 is 0 Å². The van der Waals surface area contributed by atoms with Crippen LogP contribution in [0.2, 0.25) is 0 Å². The van der Waals surface area contributed by atoms with Gasteiger partial charge in [-0.05, 0) is 69.2 Å². The molecule has 1 aromatic carbocycles. The van der Waals surface area contributed by atoms with Crippen molar-refractivity contribution in [3.63, 3.8) is 0 Å². The lowest BCUT2D eigenvalue weighted by Gasteiger charge is -2.16. The van der Waals surface area contributed by atoms with Crippen LogP contribution in [0.4, 0.5) is 5.82 Å². The molecule has 10 nitrogen and oxygen atoms in total. The van der Waals surface area contributed by atoms with Crippen LogP contribution in [0.3, 0.4) is 0 Å². The smallest absolute Gasteiger partial charge is 0.281 e. The Labute approximate surface area is 220 Å². The molecule has 4 aromatic rings. The van der Waals surface area contributed by atoms with Crippen LogP contribution in [0.1, 0.15) is 34.0 Å². The van der Waals surface area contributed by atoms with Crippen LogP contribution in [0.25, 0.3) is 11.4 Å². The molecule has 38 heavy (non-hydrogen) atoms. The number of ether oxygens (including phenoxy) is 2. The van der Waals surface area contributed by atoms with Crippen molar-refractivity contribution in [2.45, 2.75) is 32.7 Å². The van der Waals surface area contributed by atoms with Crippen molar-refractivity contribution in [1.82, 2.24) is 19.7 Å². The van der Waals surface area contributed by atoms with Crippen molar-refractivity contribution in [3.05, 3.63) is 82.9 Å². The summed E-state index contributed by atoms with van der Waals surface area (Å²) in [6, 6.07) is 16.2. The Morgan fingerprint density at radius 3 is 2.29 bits per heavy atom. The Balaban J connectivity index is 1.78. The molecule has 3 aromatic heterocycles. The minimum Gasteiger partial charge on any atom is -0.478 e. The number of carbonyl (C=O) groups excluding carboxylic acids is 1.